The number of nitrogens with one attached hydrogen (secondary N) is 1. The van der Waals surface area contributed by atoms with E-state index in [1.54, 1.807) is 0 Å². The maximum absolute atomic E-state index is 12.8. The average molecular weight is 331 g/mol. The molecular weight excluding hydrogens is 315 g/mol. The minimum atomic E-state index is -4.32. The number of aryl methyl sites for hydroxylation is 1. The third-order valence-corrected chi connectivity index (χ3v) is 3.82. The first-order chi connectivity index (χ1) is 10.7. The maximum atomic E-state index is 12.8. The fourth-order valence-electron chi connectivity index (χ4n) is 2.57. The van der Waals surface area contributed by atoms with Crippen molar-refractivity contribution in [3.8, 4) is 0 Å². The molecule has 0 aliphatic carbocycles. The molecule has 9 heteroatoms. The number of urea groups is 1. The maximum Gasteiger partial charge on any atom is 0.393 e. The zero-order valence-corrected chi connectivity index (χ0v) is 12.4. The van der Waals surface area contributed by atoms with Crippen molar-refractivity contribution in [1.82, 2.24) is 4.90 Å². The molecule has 0 aromatic heterocycles. The molecule has 1 saturated heterocycles. The Balaban J connectivity index is 2.04. The first-order valence-electron chi connectivity index (χ1n) is 7.06. The minimum absolute atomic E-state index is 0.0178. The molecule has 1 aliphatic rings. The topological polar surface area (TPSA) is 75.5 Å². The number of hydrogen-bond donors (Lipinski definition) is 1. The number of rotatable bonds is 2. The highest BCUT2D eigenvalue weighted by Crippen LogP contribution is 2.33. The number of anilines is 1. The molecule has 1 aliphatic heterocycles. The summed E-state index contributed by atoms with van der Waals surface area (Å²) < 4.78 is 38.3. The van der Waals surface area contributed by atoms with Crippen LogP contribution in [0.4, 0.5) is 29.3 Å². The van der Waals surface area contributed by atoms with Gasteiger partial charge in [-0.25, -0.2) is 4.79 Å². The number of hydrogen-bond acceptors (Lipinski definition) is 3. The van der Waals surface area contributed by atoms with Gasteiger partial charge in [-0.1, -0.05) is 0 Å². The summed E-state index contributed by atoms with van der Waals surface area (Å²) in [6, 6.07) is 3.39. The second kappa shape index (κ2) is 6.43. The molecule has 23 heavy (non-hydrogen) atoms. The van der Waals surface area contributed by atoms with Crippen molar-refractivity contribution in [3.63, 3.8) is 0 Å². The number of halogens is 3. The monoisotopic (exact) mass is 331 g/mol. The molecule has 1 aromatic carbocycles. The quantitative estimate of drug-likeness (QED) is 0.663. The Morgan fingerprint density at radius 1 is 1.43 bits per heavy atom. The van der Waals surface area contributed by atoms with E-state index in [1.807, 2.05) is 0 Å². The number of nitro benzene ring substituents is 1. The zero-order chi connectivity index (χ0) is 17.2. The molecule has 1 atom stereocenters. The number of nitro groups is 1. The summed E-state index contributed by atoms with van der Waals surface area (Å²) in [4.78, 5) is 23.4. The summed E-state index contributed by atoms with van der Waals surface area (Å²) in [5, 5.41) is 13.2. The Kier molecular flexibility index (Phi) is 4.76. The summed E-state index contributed by atoms with van der Waals surface area (Å²) in [5.41, 5.74) is 0.588. The molecule has 6 nitrogen and oxygen atoms in total. The summed E-state index contributed by atoms with van der Waals surface area (Å²) in [6.45, 7) is 1.40. The van der Waals surface area contributed by atoms with E-state index >= 15 is 0 Å². The Labute approximate surface area is 130 Å². The van der Waals surface area contributed by atoms with Gasteiger partial charge >= 0.3 is 12.2 Å². The number of alkyl halides is 3. The van der Waals surface area contributed by atoms with Gasteiger partial charge in [0, 0.05) is 30.4 Å². The van der Waals surface area contributed by atoms with Crippen molar-refractivity contribution < 1.29 is 22.9 Å². The lowest BCUT2D eigenvalue weighted by Gasteiger charge is -2.33. The lowest BCUT2D eigenvalue weighted by Crippen LogP contribution is -2.46. The van der Waals surface area contributed by atoms with Crippen LogP contribution in [-0.2, 0) is 0 Å². The number of carbonyl (C=O) groups is 1. The molecule has 2 amide bonds. The van der Waals surface area contributed by atoms with Crippen LogP contribution in [0.3, 0.4) is 0 Å². The van der Waals surface area contributed by atoms with Gasteiger partial charge in [0.05, 0.1) is 10.8 Å². The van der Waals surface area contributed by atoms with Gasteiger partial charge in [0.15, 0.2) is 0 Å². The van der Waals surface area contributed by atoms with Crippen LogP contribution in [0.25, 0.3) is 0 Å². The average Bonchev–Trinajstić information content (AvgIpc) is 2.46. The van der Waals surface area contributed by atoms with E-state index in [9.17, 15) is 28.1 Å². The highest BCUT2D eigenvalue weighted by atomic mass is 19.4. The second-order valence-corrected chi connectivity index (χ2v) is 5.52. The molecule has 1 heterocycles. The van der Waals surface area contributed by atoms with Crippen LogP contribution in [-0.4, -0.2) is 35.1 Å². The van der Waals surface area contributed by atoms with Gasteiger partial charge in [0.2, 0.25) is 0 Å². The fraction of sp³-hybridized carbons (Fsp3) is 0.500. The van der Waals surface area contributed by atoms with Crippen molar-refractivity contribution >= 4 is 17.4 Å². The number of likely N-dealkylation sites (tertiary alicyclic amines) is 1. The van der Waals surface area contributed by atoms with Crippen molar-refractivity contribution in [1.29, 1.82) is 0 Å². The highest BCUT2D eigenvalue weighted by molar-refractivity contribution is 5.89. The molecule has 126 valence electrons. The van der Waals surface area contributed by atoms with Crippen LogP contribution < -0.4 is 5.32 Å². The Hall–Kier alpha value is -2.32. The zero-order valence-electron chi connectivity index (χ0n) is 12.4. The van der Waals surface area contributed by atoms with Crippen LogP contribution in [0, 0.1) is 23.0 Å². The molecule has 0 radical (unpaired) electrons. The van der Waals surface area contributed by atoms with Gasteiger partial charge in [0.25, 0.3) is 5.69 Å². The van der Waals surface area contributed by atoms with E-state index in [4.69, 9.17) is 0 Å². The van der Waals surface area contributed by atoms with E-state index in [-0.39, 0.29) is 31.6 Å². The predicted molar refractivity (Wildman–Crippen MR) is 77.2 cm³/mol. The smallest absolute Gasteiger partial charge is 0.324 e. The van der Waals surface area contributed by atoms with E-state index in [0.29, 0.717) is 11.3 Å². The van der Waals surface area contributed by atoms with Crippen molar-refractivity contribution in [2.45, 2.75) is 25.9 Å². The van der Waals surface area contributed by atoms with E-state index in [1.165, 1.54) is 25.1 Å². The number of benzene rings is 1. The third kappa shape index (κ3) is 4.11. The summed E-state index contributed by atoms with van der Waals surface area (Å²) in [5.74, 6) is -1.51. The first-order valence-corrected chi connectivity index (χ1v) is 7.06. The molecule has 0 spiro atoms. The molecule has 0 bridgehead atoms. The Morgan fingerprint density at radius 3 is 2.70 bits per heavy atom. The highest BCUT2D eigenvalue weighted by Gasteiger charge is 2.42. The lowest BCUT2D eigenvalue weighted by atomic mass is 9.98. The van der Waals surface area contributed by atoms with E-state index < -0.39 is 23.0 Å². The van der Waals surface area contributed by atoms with Crippen molar-refractivity contribution in [2.75, 3.05) is 18.4 Å². The number of amides is 2. The van der Waals surface area contributed by atoms with Crippen molar-refractivity contribution in [3.05, 3.63) is 33.9 Å². The normalized spacial score (nSPS) is 18.6. The number of nitrogens with zero attached hydrogens (tertiary/aromatic N) is 2. The molecule has 1 fully saturated rings. The van der Waals surface area contributed by atoms with Gasteiger partial charge in [-0.2, -0.15) is 13.2 Å². The van der Waals surface area contributed by atoms with Crippen molar-refractivity contribution in [2.24, 2.45) is 5.92 Å². The SMILES string of the molecule is Cc1cc(NC(=O)N2CCCC(C(F)(F)F)C2)ccc1[N+](=O)[O-]. The minimum Gasteiger partial charge on any atom is -0.324 e. The second-order valence-electron chi connectivity index (χ2n) is 5.52. The summed E-state index contributed by atoms with van der Waals surface area (Å²) in [6.07, 6.45) is -4.01. The van der Waals surface area contributed by atoms with Crippen LogP contribution in [0.15, 0.2) is 18.2 Å². The molecule has 0 saturated carbocycles. The first kappa shape index (κ1) is 17.0. The van der Waals surface area contributed by atoms with Gasteiger partial charge in [0.1, 0.15) is 0 Å². The number of carbonyl (C=O) groups excluding carboxylic acids is 1. The Morgan fingerprint density at radius 2 is 2.13 bits per heavy atom. The van der Waals surface area contributed by atoms with Crippen LogP contribution in [0.2, 0.25) is 0 Å². The molecule has 1 unspecified atom stereocenters. The Bertz CT molecular complexity index is 619. The standard InChI is InChI=1S/C14H16F3N3O3/c1-9-7-11(4-5-12(9)20(22)23)18-13(21)19-6-2-3-10(8-19)14(15,16)17/h4-5,7,10H,2-3,6,8H2,1H3,(H,18,21). The van der Waals surface area contributed by atoms with Crippen LogP contribution >= 0.6 is 0 Å². The summed E-state index contributed by atoms with van der Waals surface area (Å²) >= 11 is 0. The molecular formula is C14H16F3N3O3. The summed E-state index contributed by atoms with van der Waals surface area (Å²) in [7, 11) is 0. The predicted octanol–water partition coefficient (Wildman–Crippen LogP) is 3.71. The molecule has 2 rings (SSSR count). The van der Waals surface area contributed by atoms with Gasteiger partial charge < -0.3 is 10.2 Å². The molecule has 1 aromatic rings. The lowest BCUT2D eigenvalue weighted by molar-refractivity contribution is -0.385. The third-order valence-electron chi connectivity index (χ3n) is 3.82. The van der Waals surface area contributed by atoms with E-state index in [2.05, 4.69) is 5.32 Å². The van der Waals surface area contributed by atoms with Crippen LogP contribution in [0.5, 0.6) is 0 Å². The van der Waals surface area contributed by atoms with E-state index in [0.717, 1.165) is 4.90 Å². The largest absolute Gasteiger partial charge is 0.393 e. The van der Waals surface area contributed by atoms with Crippen LogP contribution in [0.1, 0.15) is 18.4 Å². The number of piperidine rings is 1. The van der Waals surface area contributed by atoms with Gasteiger partial charge in [-0.15, -0.1) is 0 Å². The fourth-order valence-corrected chi connectivity index (χ4v) is 2.57. The molecule has 1 N–H and O–H groups in total. The van der Waals surface area contributed by atoms with Gasteiger partial charge in [-0.05, 0) is 31.9 Å². The van der Waals surface area contributed by atoms with Gasteiger partial charge in [-0.3, -0.25) is 10.1 Å².